The van der Waals surface area contributed by atoms with Crippen LogP contribution in [-0.2, 0) is 9.59 Å². The van der Waals surface area contributed by atoms with Gasteiger partial charge in [-0.3, -0.25) is 14.9 Å². The number of hydrogen-bond donors (Lipinski definition) is 1. The third-order valence-electron chi connectivity index (χ3n) is 4.71. The van der Waals surface area contributed by atoms with E-state index in [2.05, 4.69) is 10.2 Å². The predicted octanol–water partition coefficient (Wildman–Crippen LogP) is 2.85. The third-order valence-corrected chi connectivity index (χ3v) is 4.71. The fourth-order valence-corrected chi connectivity index (χ4v) is 3.26. The lowest BCUT2D eigenvalue weighted by Crippen LogP contribution is -2.54. The van der Waals surface area contributed by atoms with Crippen LogP contribution in [0.3, 0.4) is 0 Å². The molecule has 0 saturated carbocycles. The minimum atomic E-state index is -0.761. The smallest absolute Gasteiger partial charge is 0.335 e. The summed E-state index contributed by atoms with van der Waals surface area (Å²) >= 11 is 0. The minimum absolute atomic E-state index is 0.141. The number of hydrogen-bond acceptors (Lipinski definition) is 5. The van der Waals surface area contributed by atoms with Crippen LogP contribution in [0.4, 0.5) is 16.4 Å². The van der Waals surface area contributed by atoms with E-state index >= 15 is 0 Å². The van der Waals surface area contributed by atoms with E-state index in [9.17, 15) is 14.4 Å². The number of benzene rings is 1. The molecule has 0 bridgehead atoms. The molecule has 138 valence electrons. The number of furan rings is 1. The average Bonchev–Trinajstić information content (AvgIpc) is 3.31. The van der Waals surface area contributed by atoms with Crippen molar-refractivity contribution in [3.63, 3.8) is 0 Å². The van der Waals surface area contributed by atoms with Crippen LogP contribution in [0, 0.1) is 6.92 Å². The van der Waals surface area contributed by atoms with Crippen LogP contribution in [0.5, 0.6) is 0 Å². The van der Waals surface area contributed by atoms with E-state index in [-0.39, 0.29) is 5.57 Å². The topological polar surface area (TPSA) is 82.9 Å². The zero-order chi connectivity index (χ0) is 19.0. The van der Waals surface area contributed by atoms with Crippen LogP contribution in [0.2, 0.25) is 0 Å². The van der Waals surface area contributed by atoms with Crippen molar-refractivity contribution in [2.75, 3.05) is 22.9 Å². The highest BCUT2D eigenvalue weighted by Gasteiger charge is 2.37. The van der Waals surface area contributed by atoms with E-state index in [0.717, 1.165) is 42.3 Å². The van der Waals surface area contributed by atoms with Crippen molar-refractivity contribution in [3.8, 4) is 0 Å². The van der Waals surface area contributed by atoms with E-state index in [1.54, 1.807) is 30.3 Å². The fourth-order valence-electron chi connectivity index (χ4n) is 3.26. The normalized spacial score (nSPS) is 19.1. The predicted molar refractivity (Wildman–Crippen MR) is 100 cm³/mol. The molecule has 1 N–H and O–H groups in total. The van der Waals surface area contributed by atoms with E-state index < -0.39 is 17.8 Å². The van der Waals surface area contributed by atoms with Gasteiger partial charge in [-0.15, -0.1) is 0 Å². The van der Waals surface area contributed by atoms with Gasteiger partial charge in [-0.2, -0.15) is 0 Å². The Bertz CT molecular complexity index is 936. The number of anilines is 2. The molecule has 1 aromatic carbocycles. The molecule has 1 aromatic heterocycles. The summed E-state index contributed by atoms with van der Waals surface area (Å²) in [6.45, 7) is 3.77. The Kier molecular flexibility index (Phi) is 4.27. The molecule has 4 rings (SSSR count). The summed E-state index contributed by atoms with van der Waals surface area (Å²) in [4.78, 5) is 40.3. The lowest BCUT2D eigenvalue weighted by atomic mass is 10.1. The quantitative estimate of drug-likeness (QED) is 0.668. The Morgan fingerprint density at radius 2 is 1.70 bits per heavy atom. The minimum Gasteiger partial charge on any atom is -0.441 e. The first-order chi connectivity index (χ1) is 13.0. The lowest BCUT2D eigenvalue weighted by Gasteiger charge is -2.26. The van der Waals surface area contributed by atoms with Gasteiger partial charge in [0.1, 0.15) is 11.3 Å². The van der Waals surface area contributed by atoms with E-state index in [0.29, 0.717) is 11.4 Å². The van der Waals surface area contributed by atoms with Crippen LogP contribution in [0.1, 0.15) is 24.2 Å². The van der Waals surface area contributed by atoms with Gasteiger partial charge in [-0.05, 0) is 44.0 Å². The van der Waals surface area contributed by atoms with Crippen molar-refractivity contribution < 1.29 is 18.8 Å². The molecule has 7 nitrogen and oxygen atoms in total. The van der Waals surface area contributed by atoms with Gasteiger partial charge in [0.25, 0.3) is 11.8 Å². The molecule has 0 unspecified atom stereocenters. The van der Waals surface area contributed by atoms with Crippen LogP contribution < -0.4 is 15.1 Å². The number of amides is 4. The van der Waals surface area contributed by atoms with Gasteiger partial charge < -0.3 is 9.32 Å². The van der Waals surface area contributed by atoms with E-state index in [1.165, 1.54) is 6.08 Å². The maximum atomic E-state index is 12.8. The van der Waals surface area contributed by atoms with Crippen LogP contribution in [-0.4, -0.2) is 30.9 Å². The maximum absolute atomic E-state index is 12.8. The summed E-state index contributed by atoms with van der Waals surface area (Å²) in [6, 6.07) is 9.70. The number of nitrogens with zero attached hydrogens (tertiary/aromatic N) is 2. The molecular formula is C20H19N3O4. The molecule has 2 aromatic rings. The second-order valence-electron chi connectivity index (χ2n) is 6.66. The Morgan fingerprint density at radius 3 is 2.41 bits per heavy atom. The van der Waals surface area contributed by atoms with Crippen LogP contribution in [0.15, 0.2) is 46.4 Å². The van der Waals surface area contributed by atoms with Crippen LogP contribution >= 0.6 is 0 Å². The summed E-state index contributed by atoms with van der Waals surface area (Å²) < 4.78 is 5.76. The number of carbonyl (C=O) groups is 3. The van der Waals surface area contributed by atoms with Gasteiger partial charge in [-0.25, -0.2) is 9.69 Å². The number of barbiturate groups is 1. The molecular weight excluding hydrogens is 346 g/mol. The van der Waals surface area contributed by atoms with E-state index in [4.69, 9.17) is 4.42 Å². The van der Waals surface area contributed by atoms with Crippen molar-refractivity contribution in [3.05, 3.63) is 53.3 Å². The van der Waals surface area contributed by atoms with Gasteiger partial charge >= 0.3 is 6.03 Å². The second-order valence-corrected chi connectivity index (χ2v) is 6.66. The average molecular weight is 365 g/mol. The summed E-state index contributed by atoms with van der Waals surface area (Å²) in [7, 11) is 0. The summed E-state index contributed by atoms with van der Waals surface area (Å²) in [5.74, 6) is -0.290. The molecule has 2 saturated heterocycles. The summed E-state index contributed by atoms with van der Waals surface area (Å²) in [5.41, 5.74) is 1.26. The maximum Gasteiger partial charge on any atom is 0.335 e. The van der Waals surface area contributed by atoms with Gasteiger partial charge in [0, 0.05) is 19.2 Å². The second kappa shape index (κ2) is 6.75. The number of carbonyl (C=O) groups excluding carboxylic acids is 3. The number of aryl methyl sites for hydroxylation is 1. The van der Waals surface area contributed by atoms with Gasteiger partial charge in [0.05, 0.1) is 5.69 Å². The van der Waals surface area contributed by atoms with Crippen LogP contribution in [0.25, 0.3) is 6.08 Å². The molecule has 27 heavy (non-hydrogen) atoms. The number of nitrogens with one attached hydrogen (secondary N) is 1. The molecule has 0 aliphatic carbocycles. The van der Waals surface area contributed by atoms with Crippen molar-refractivity contribution in [2.24, 2.45) is 0 Å². The van der Waals surface area contributed by atoms with E-state index in [1.807, 2.05) is 13.0 Å². The van der Waals surface area contributed by atoms with Gasteiger partial charge in [0.2, 0.25) is 0 Å². The monoisotopic (exact) mass is 365 g/mol. The highest BCUT2D eigenvalue weighted by atomic mass is 16.4. The lowest BCUT2D eigenvalue weighted by molar-refractivity contribution is -0.122. The molecule has 4 amide bonds. The molecule has 0 spiro atoms. The van der Waals surface area contributed by atoms with Crippen molar-refractivity contribution in [1.82, 2.24) is 5.32 Å². The Morgan fingerprint density at radius 1 is 1.00 bits per heavy atom. The first-order valence-corrected chi connectivity index (χ1v) is 8.86. The molecule has 2 aliphatic heterocycles. The number of rotatable bonds is 3. The number of imide groups is 2. The highest BCUT2D eigenvalue weighted by molar-refractivity contribution is 6.39. The first-order valence-electron chi connectivity index (χ1n) is 8.86. The Hall–Kier alpha value is -3.35. The van der Waals surface area contributed by atoms with Crippen molar-refractivity contribution in [2.45, 2.75) is 19.8 Å². The third kappa shape index (κ3) is 3.23. The zero-order valence-electron chi connectivity index (χ0n) is 14.9. The molecule has 7 heteroatoms. The molecule has 2 aliphatic rings. The first kappa shape index (κ1) is 17.1. The Labute approximate surface area is 156 Å². The van der Waals surface area contributed by atoms with Crippen molar-refractivity contribution in [1.29, 1.82) is 0 Å². The molecule has 3 heterocycles. The Balaban J connectivity index is 1.64. The summed E-state index contributed by atoms with van der Waals surface area (Å²) in [6.07, 6.45) is 3.61. The van der Waals surface area contributed by atoms with Gasteiger partial charge in [0.15, 0.2) is 5.88 Å². The van der Waals surface area contributed by atoms with Gasteiger partial charge in [-0.1, -0.05) is 17.7 Å². The fraction of sp³-hybridized carbons (Fsp3) is 0.250. The molecule has 2 fully saturated rings. The van der Waals surface area contributed by atoms with Crippen molar-refractivity contribution >= 4 is 35.5 Å². The summed E-state index contributed by atoms with van der Waals surface area (Å²) in [5, 5.41) is 2.21. The standard InChI is InChI=1S/C20H19N3O4/c1-13-4-6-14(7-5-13)23-19(25)16(18(24)21-20(23)26)12-15-8-9-17(27-15)22-10-2-3-11-22/h4-9,12H,2-3,10-11H2,1H3,(H,21,24,26)/b16-12+. The SMILES string of the molecule is Cc1ccc(N2C(=O)NC(=O)/C(=C\c3ccc(N4CCCC4)o3)C2=O)cc1. The largest absolute Gasteiger partial charge is 0.441 e. The number of urea groups is 1. The highest BCUT2D eigenvalue weighted by Crippen LogP contribution is 2.26. The molecule has 0 radical (unpaired) electrons. The zero-order valence-corrected chi connectivity index (χ0v) is 14.9. The molecule has 0 atom stereocenters.